The van der Waals surface area contributed by atoms with Crippen molar-refractivity contribution >= 4 is 21.7 Å². The third-order valence-electron chi connectivity index (χ3n) is 3.36. The summed E-state index contributed by atoms with van der Waals surface area (Å²) in [6, 6.07) is 3.94. The molecule has 1 aromatic heterocycles. The van der Waals surface area contributed by atoms with Gasteiger partial charge >= 0.3 is 0 Å². The Bertz CT molecular complexity index is 678. The van der Waals surface area contributed by atoms with E-state index in [9.17, 15) is 13.6 Å². The van der Waals surface area contributed by atoms with Crippen LogP contribution in [0, 0.1) is 11.6 Å². The van der Waals surface area contributed by atoms with Crippen molar-refractivity contribution in [1.29, 1.82) is 0 Å². The van der Waals surface area contributed by atoms with Crippen LogP contribution < -0.4 is 0 Å². The smallest absolute Gasteiger partial charge is 0.164 e. The van der Waals surface area contributed by atoms with Crippen molar-refractivity contribution in [3.63, 3.8) is 0 Å². The zero-order valence-corrected chi connectivity index (χ0v) is 11.5. The molecule has 0 bridgehead atoms. The van der Waals surface area contributed by atoms with E-state index in [0.717, 1.165) is 24.6 Å². The van der Waals surface area contributed by atoms with E-state index in [1.54, 1.807) is 16.8 Å². The Morgan fingerprint density at radius 2 is 1.95 bits per heavy atom. The van der Waals surface area contributed by atoms with Crippen molar-refractivity contribution in [3.8, 4) is 5.69 Å². The molecule has 0 unspecified atom stereocenters. The fraction of sp³-hybridized carbons (Fsp3) is 0.214. The lowest BCUT2D eigenvalue weighted by atomic mass is 9.97. The molecule has 1 aromatic carbocycles. The molecule has 1 aliphatic rings. The summed E-state index contributed by atoms with van der Waals surface area (Å²) in [6.45, 7) is 0. The summed E-state index contributed by atoms with van der Waals surface area (Å²) >= 11 is 3.05. The first-order valence-corrected chi connectivity index (χ1v) is 6.75. The van der Waals surface area contributed by atoms with E-state index in [-0.39, 0.29) is 15.9 Å². The predicted octanol–water partition coefficient (Wildman–Crippen LogP) is 4.04. The molecule has 1 heterocycles. The van der Waals surface area contributed by atoms with E-state index in [0.29, 0.717) is 12.0 Å². The number of aromatic nitrogens is 1. The van der Waals surface area contributed by atoms with E-state index in [2.05, 4.69) is 15.9 Å². The largest absolute Gasteiger partial charge is 0.317 e. The molecule has 0 aliphatic heterocycles. The Morgan fingerprint density at radius 3 is 2.74 bits per heavy atom. The number of fused-ring (bicyclic) bond motifs is 1. The van der Waals surface area contributed by atoms with Gasteiger partial charge in [-0.2, -0.15) is 0 Å². The number of rotatable bonds is 1. The molecule has 1 aliphatic carbocycles. The van der Waals surface area contributed by atoms with Crippen LogP contribution in [-0.4, -0.2) is 10.4 Å². The molecule has 0 amide bonds. The summed E-state index contributed by atoms with van der Waals surface area (Å²) < 4.78 is 29.0. The lowest BCUT2D eigenvalue weighted by Crippen LogP contribution is -2.13. The van der Waals surface area contributed by atoms with Crippen LogP contribution in [0.2, 0.25) is 0 Å². The molecule has 2 nitrogen and oxygen atoms in total. The topological polar surface area (TPSA) is 22.0 Å². The maximum absolute atomic E-state index is 13.9. The Morgan fingerprint density at radius 1 is 1.16 bits per heavy atom. The molecule has 0 saturated heterocycles. The molecule has 0 atom stereocenters. The van der Waals surface area contributed by atoms with Gasteiger partial charge in [0, 0.05) is 29.9 Å². The van der Waals surface area contributed by atoms with Gasteiger partial charge in [0.15, 0.2) is 5.78 Å². The van der Waals surface area contributed by atoms with Gasteiger partial charge in [-0.3, -0.25) is 4.79 Å². The molecule has 2 aromatic rings. The minimum atomic E-state index is -0.642. The van der Waals surface area contributed by atoms with Crippen molar-refractivity contribution in [2.45, 2.75) is 19.3 Å². The number of hydrogen-bond acceptors (Lipinski definition) is 1. The second-order valence-electron chi connectivity index (χ2n) is 4.54. The van der Waals surface area contributed by atoms with Crippen molar-refractivity contribution < 1.29 is 13.6 Å². The van der Waals surface area contributed by atoms with Crippen LogP contribution in [0.3, 0.4) is 0 Å². The third kappa shape index (κ3) is 2.02. The summed E-state index contributed by atoms with van der Waals surface area (Å²) in [4.78, 5) is 11.8. The number of benzene rings is 1. The summed E-state index contributed by atoms with van der Waals surface area (Å²) in [7, 11) is 0. The van der Waals surface area contributed by atoms with Crippen LogP contribution in [-0.2, 0) is 6.42 Å². The fourth-order valence-corrected chi connectivity index (χ4v) is 2.78. The van der Waals surface area contributed by atoms with Gasteiger partial charge in [0.2, 0.25) is 0 Å². The highest BCUT2D eigenvalue weighted by atomic mass is 79.9. The first-order valence-electron chi connectivity index (χ1n) is 5.96. The van der Waals surface area contributed by atoms with Crippen molar-refractivity contribution in [2.24, 2.45) is 0 Å². The molecular weight excluding hydrogens is 316 g/mol. The number of carbonyl (C=O) groups is 1. The molecule has 0 fully saturated rings. The highest BCUT2D eigenvalue weighted by Gasteiger charge is 2.22. The van der Waals surface area contributed by atoms with E-state index >= 15 is 0 Å². The number of nitrogens with zero attached hydrogens (tertiary/aromatic N) is 1. The van der Waals surface area contributed by atoms with Crippen LogP contribution in [0.25, 0.3) is 5.69 Å². The van der Waals surface area contributed by atoms with Gasteiger partial charge in [0.1, 0.15) is 11.6 Å². The number of hydrogen-bond donors (Lipinski definition) is 0. The van der Waals surface area contributed by atoms with Crippen molar-refractivity contribution in [1.82, 2.24) is 4.57 Å². The summed E-state index contributed by atoms with van der Waals surface area (Å²) in [5.74, 6) is -1.20. The van der Waals surface area contributed by atoms with Crippen LogP contribution in [0.4, 0.5) is 8.78 Å². The van der Waals surface area contributed by atoms with E-state index < -0.39 is 11.6 Å². The lowest BCUT2D eigenvalue weighted by Gasteiger charge is -2.15. The van der Waals surface area contributed by atoms with Gasteiger partial charge in [-0.1, -0.05) is 0 Å². The van der Waals surface area contributed by atoms with Gasteiger partial charge in [0.25, 0.3) is 0 Å². The molecule has 0 N–H and O–H groups in total. The summed E-state index contributed by atoms with van der Waals surface area (Å²) in [5.41, 5.74) is 1.70. The number of ketones is 1. The molecule has 0 radical (unpaired) electrons. The highest BCUT2D eigenvalue weighted by Crippen LogP contribution is 2.29. The Labute approximate surface area is 117 Å². The van der Waals surface area contributed by atoms with Crippen molar-refractivity contribution in [2.75, 3.05) is 0 Å². The monoisotopic (exact) mass is 325 g/mol. The van der Waals surface area contributed by atoms with Crippen LogP contribution >= 0.6 is 15.9 Å². The van der Waals surface area contributed by atoms with Gasteiger partial charge in [-0.25, -0.2) is 8.78 Å². The van der Waals surface area contributed by atoms with E-state index in [1.165, 1.54) is 6.07 Å². The van der Waals surface area contributed by atoms with Gasteiger partial charge < -0.3 is 4.57 Å². The van der Waals surface area contributed by atoms with Crippen LogP contribution in [0.15, 0.2) is 28.9 Å². The zero-order valence-electron chi connectivity index (χ0n) is 9.92. The Hall–Kier alpha value is -1.49. The molecule has 0 spiro atoms. The van der Waals surface area contributed by atoms with Gasteiger partial charge in [-0.05, 0) is 40.9 Å². The quantitative estimate of drug-likeness (QED) is 0.725. The van der Waals surface area contributed by atoms with E-state index in [1.807, 2.05) is 0 Å². The van der Waals surface area contributed by atoms with Crippen LogP contribution in [0.5, 0.6) is 0 Å². The standard InChI is InChI=1S/C14H10BrF2NO/c15-9-6-13(11(17)7-10(9)16)18-5-4-8-12(18)2-1-3-14(8)19/h4-7H,1-3H2. The second-order valence-corrected chi connectivity index (χ2v) is 5.39. The van der Waals surface area contributed by atoms with Crippen molar-refractivity contribution in [3.05, 3.63) is 51.8 Å². The third-order valence-corrected chi connectivity index (χ3v) is 3.97. The second kappa shape index (κ2) is 4.56. The fourth-order valence-electron chi connectivity index (χ4n) is 2.45. The number of Topliss-reactive ketones (excluding diaryl/α,β-unsaturated/α-hetero) is 1. The number of halogens is 3. The molecule has 5 heteroatoms. The first-order chi connectivity index (χ1) is 9.08. The normalized spacial score (nSPS) is 14.6. The first kappa shape index (κ1) is 12.5. The molecular formula is C14H10BrF2NO. The number of carbonyl (C=O) groups excluding carboxylic acids is 1. The average molecular weight is 326 g/mol. The summed E-state index contributed by atoms with van der Waals surface area (Å²) in [6.07, 6.45) is 3.69. The molecule has 3 rings (SSSR count). The average Bonchev–Trinajstić information content (AvgIpc) is 2.79. The van der Waals surface area contributed by atoms with Gasteiger partial charge in [0.05, 0.1) is 10.2 Å². The maximum atomic E-state index is 13.9. The summed E-state index contributed by atoms with van der Waals surface area (Å²) in [5, 5.41) is 0. The lowest BCUT2D eigenvalue weighted by molar-refractivity contribution is 0.0972. The Kier molecular flexibility index (Phi) is 3.01. The van der Waals surface area contributed by atoms with Crippen LogP contribution in [0.1, 0.15) is 28.9 Å². The zero-order chi connectivity index (χ0) is 13.6. The maximum Gasteiger partial charge on any atom is 0.164 e. The minimum absolute atomic E-state index is 0.0848. The minimum Gasteiger partial charge on any atom is -0.317 e. The SMILES string of the molecule is O=C1CCCc2c1ccn2-c1cc(Br)c(F)cc1F. The van der Waals surface area contributed by atoms with Gasteiger partial charge in [-0.15, -0.1) is 0 Å². The predicted molar refractivity (Wildman–Crippen MR) is 70.7 cm³/mol. The Balaban J connectivity index is 2.18. The molecule has 19 heavy (non-hydrogen) atoms. The molecule has 0 saturated carbocycles. The molecule has 98 valence electrons. The van der Waals surface area contributed by atoms with E-state index in [4.69, 9.17) is 0 Å². The highest BCUT2D eigenvalue weighted by molar-refractivity contribution is 9.10.